The molecule has 0 unspecified atom stereocenters. The van der Waals surface area contributed by atoms with Crippen LogP contribution in [0.3, 0.4) is 0 Å². The Morgan fingerprint density at radius 3 is 2.66 bits per heavy atom. The zero-order valence-electron chi connectivity index (χ0n) is 22.6. The van der Waals surface area contributed by atoms with Gasteiger partial charge in [-0.15, -0.1) is 6.42 Å². The highest BCUT2D eigenvalue weighted by atomic mass is 19.1. The summed E-state index contributed by atoms with van der Waals surface area (Å²) in [5.41, 5.74) is 3.78. The normalized spacial score (nSPS) is 17.7. The first-order chi connectivity index (χ1) is 20.0. The summed E-state index contributed by atoms with van der Waals surface area (Å²) in [4.78, 5) is 23.6. The van der Waals surface area contributed by atoms with Gasteiger partial charge in [-0.1, -0.05) is 18.1 Å². The number of aromatic nitrogens is 3. The zero-order chi connectivity index (χ0) is 28.3. The number of carboxylic acids is 1. The van der Waals surface area contributed by atoms with E-state index in [4.69, 9.17) is 25.9 Å². The maximum atomic E-state index is 14.3. The standard InChI is InChI=1S/C32H31FN4O4/c1-2-21-6-7-24(26(33)16-21)20-41-31-5-3-4-27(35-31)22-10-13-36(14-11-22)19-30-34-28-9-8-23(32(38)39)17-29(28)37(30)18-25-12-15-40-25/h1,3-9,16-17,22,25H,10-15,18-20H2,(H,38,39)/t25-/m0/s1. The Labute approximate surface area is 237 Å². The third kappa shape index (κ3) is 5.94. The number of imidazole rings is 1. The largest absolute Gasteiger partial charge is 0.478 e. The number of benzene rings is 2. The van der Waals surface area contributed by atoms with Gasteiger partial charge in [0, 0.05) is 35.4 Å². The number of hydrogen-bond acceptors (Lipinski definition) is 6. The lowest BCUT2D eigenvalue weighted by Gasteiger charge is -2.32. The SMILES string of the molecule is C#Cc1ccc(COc2cccc(C3CCN(Cc4nc5ccc(C(=O)O)cc5n4C[C@@H]4CCO4)CC3)n2)c(F)c1. The van der Waals surface area contributed by atoms with Gasteiger partial charge in [0.25, 0.3) is 0 Å². The summed E-state index contributed by atoms with van der Waals surface area (Å²) < 4.78 is 27.9. The van der Waals surface area contributed by atoms with Crippen LogP contribution in [0.15, 0.2) is 54.6 Å². The predicted octanol–water partition coefficient (Wildman–Crippen LogP) is 5.00. The van der Waals surface area contributed by atoms with Gasteiger partial charge in [-0.3, -0.25) is 4.90 Å². The summed E-state index contributed by atoms with van der Waals surface area (Å²) in [5.74, 6) is 2.78. The fourth-order valence-corrected chi connectivity index (χ4v) is 5.49. The van der Waals surface area contributed by atoms with Crippen molar-refractivity contribution in [2.45, 2.75) is 51.0 Å². The smallest absolute Gasteiger partial charge is 0.335 e. The van der Waals surface area contributed by atoms with E-state index in [9.17, 15) is 14.3 Å². The summed E-state index contributed by atoms with van der Waals surface area (Å²) in [6.07, 6.45) is 8.34. The van der Waals surface area contributed by atoms with Crippen LogP contribution in [-0.2, 0) is 24.4 Å². The molecular formula is C32H31FN4O4. The molecule has 0 aliphatic carbocycles. The molecule has 2 aromatic carbocycles. The van der Waals surface area contributed by atoms with E-state index in [1.54, 1.807) is 36.4 Å². The van der Waals surface area contributed by atoms with Gasteiger partial charge in [0.2, 0.25) is 5.88 Å². The second kappa shape index (κ2) is 11.7. The monoisotopic (exact) mass is 554 g/mol. The number of nitrogens with zero attached hydrogens (tertiary/aromatic N) is 4. The molecule has 2 fully saturated rings. The summed E-state index contributed by atoms with van der Waals surface area (Å²) in [6.45, 7) is 3.95. The molecule has 6 rings (SSSR count). The molecule has 2 aromatic heterocycles. The van der Waals surface area contributed by atoms with Crippen molar-refractivity contribution in [1.82, 2.24) is 19.4 Å². The number of rotatable bonds is 9. The molecule has 8 nitrogen and oxygen atoms in total. The molecule has 210 valence electrons. The number of terminal acetylenes is 1. The van der Waals surface area contributed by atoms with Gasteiger partial charge in [-0.2, -0.15) is 0 Å². The van der Waals surface area contributed by atoms with Gasteiger partial charge in [0.15, 0.2) is 0 Å². The van der Waals surface area contributed by atoms with Crippen molar-refractivity contribution in [3.05, 3.63) is 88.6 Å². The van der Waals surface area contributed by atoms with E-state index in [1.807, 2.05) is 12.1 Å². The van der Waals surface area contributed by atoms with Gasteiger partial charge in [-0.05, 0) is 68.8 Å². The van der Waals surface area contributed by atoms with E-state index in [2.05, 4.69) is 15.4 Å². The van der Waals surface area contributed by atoms with Crippen molar-refractivity contribution in [3.8, 4) is 18.2 Å². The molecule has 1 N–H and O–H groups in total. The average molecular weight is 555 g/mol. The Balaban J connectivity index is 1.10. The van der Waals surface area contributed by atoms with Crippen molar-refractivity contribution in [2.75, 3.05) is 19.7 Å². The summed E-state index contributed by atoms with van der Waals surface area (Å²) in [6, 6.07) is 15.5. The maximum Gasteiger partial charge on any atom is 0.335 e. The van der Waals surface area contributed by atoms with E-state index in [1.165, 1.54) is 6.07 Å². The average Bonchev–Trinajstić information content (AvgIpc) is 3.30. The lowest BCUT2D eigenvalue weighted by Crippen LogP contribution is -2.35. The van der Waals surface area contributed by atoms with Crippen molar-refractivity contribution < 1.29 is 23.8 Å². The van der Waals surface area contributed by atoms with Crippen molar-refractivity contribution in [3.63, 3.8) is 0 Å². The Bertz CT molecular complexity index is 1620. The van der Waals surface area contributed by atoms with Crippen LogP contribution >= 0.6 is 0 Å². The van der Waals surface area contributed by atoms with Gasteiger partial charge >= 0.3 is 5.97 Å². The molecule has 41 heavy (non-hydrogen) atoms. The molecule has 2 saturated heterocycles. The van der Waals surface area contributed by atoms with E-state index >= 15 is 0 Å². The number of carbonyl (C=O) groups is 1. The van der Waals surface area contributed by atoms with E-state index in [-0.39, 0.29) is 24.1 Å². The minimum atomic E-state index is -0.947. The number of aromatic carboxylic acids is 1. The van der Waals surface area contributed by atoms with Crippen molar-refractivity contribution >= 4 is 17.0 Å². The first-order valence-corrected chi connectivity index (χ1v) is 13.9. The molecule has 2 aliphatic rings. The highest BCUT2D eigenvalue weighted by Crippen LogP contribution is 2.30. The van der Waals surface area contributed by atoms with Crippen molar-refractivity contribution in [1.29, 1.82) is 0 Å². The molecule has 4 aromatic rings. The molecule has 0 bridgehead atoms. The van der Waals surface area contributed by atoms with Crippen LogP contribution in [0.1, 0.15) is 58.2 Å². The first-order valence-electron chi connectivity index (χ1n) is 13.9. The number of hydrogen-bond donors (Lipinski definition) is 1. The predicted molar refractivity (Wildman–Crippen MR) is 151 cm³/mol. The molecule has 0 saturated carbocycles. The van der Waals surface area contributed by atoms with Gasteiger partial charge in [0.1, 0.15) is 18.2 Å². The van der Waals surface area contributed by atoms with Gasteiger partial charge < -0.3 is 19.1 Å². The molecule has 0 radical (unpaired) electrons. The summed E-state index contributed by atoms with van der Waals surface area (Å²) in [7, 11) is 0. The zero-order valence-corrected chi connectivity index (χ0v) is 22.6. The van der Waals surface area contributed by atoms with E-state index in [0.717, 1.165) is 61.5 Å². The maximum absolute atomic E-state index is 14.3. The highest BCUT2D eigenvalue weighted by molar-refractivity contribution is 5.92. The highest BCUT2D eigenvalue weighted by Gasteiger charge is 2.26. The van der Waals surface area contributed by atoms with Crippen LogP contribution < -0.4 is 4.74 Å². The number of halogens is 1. The summed E-state index contributed by atoms with van der Waals surface area (Å²) in [5, 5.41) is 9.49. The Morgan fingerprint density at radius 2 is 1.95 bits per heavy atom. The lowest BCUT2D eigenvalue weighted by atomic mass is 9.93. The lowest BCUT2D eigenvalue weighted by molar-refractivity contribution is -0.0592. The third-order valence-electron chi connectivity index (χ3n) is 7.97. The number of piperidine rings is 1. The molecule has 2 aliphatic heterocycles. The van der Waals surface area contributed by atoms with Gasteiger partial charge in [0.05, 0.1) is 35.8 Å². The number of fused-ring (bicyclic) bond motifs is 1. The number of ether oxygens (including phenoxy) is 2. The van der Waals surface area contributed by atoms with Crippen LogP contribution in [0.25, 0.3) is 11.0 Å². The number of likely N-dealkylation sites (tertiary alicyclic amines) is 1. The fraction of sp³-hybridized carbons (Fsp3) is 0.344. The number of pyridine rings is 1. The van der Waals surface area contributed by atoms with Crippen LogP contribution in [0.4, 0.5) is 4.39 Å². The minimum Gasteiger partial charge on any atom is -0.478 e. The number of carboxylic acid groups (broad SMARTS) is 1. The minimum absolute atomic E-state index is 0.0758. The Morgan fingerprint density at radius 1 is 1.12 bits per heavy atom. The molecule has 1 atom stereocenters. The third-order valence-corrected chi connectivity index (χ3v) is 7.97. The van der Waals surface area contributed by atoms with Gasteiger partial charge in [-0.25, -0.2) is 19.2 Å². The summed E-state index contributed by atoms with van der Waals surface area (Å²) >= 11 is 0. The first kappa shape index (κ1) is 26.9. The Hall–Kier alpha value is -4.26. The molecular weight excluding hydrogens is 523 g/mol. The molecule has 0 amide bonds. The second-order valence-corrected chi connectivity index (χ2v) is 10.6. The molecule has 4 heterocycles. The Kier molecular flexibility index (Phi) is 7.68. The quantitative estimate of drug-likeness (QED) is 0.291. The topological polar surface area (TPSA) is 89.7 Å². The molecule has 9 heteroatoms. The van der Waals surface area contributed by atoms with Crippen LogP contribution in [0.2, 0.25) is 0 Å². The molecule has 0 spiro atoms. The van der Waals surface area contributed by atoms with Crippen molar-refractivity contribution in [2.24, 2.45) is 0 Å². The van der Waals surface area contributed by atoms with Crippen LogP contribution in [-0.4, -0.2) is 56.3 Å². The second-order valence-electron chi connectivity index (χ2n) is 10.6. The van der Waals surface area contributed by atoms with Crippen LogP contribution in [0.5, 0.6) is 5.88 Å². The fourth-order valence-electron chi connectivity index (χ4n) is 5.49. The van der Waals surface area contributed by atoms with Crippen LogP contribution in [0, 0.1) is 18.2 Å². The van der Waals surface area contributed by atoms with E-state index < -0.39 is 5.97 Å². The van der Waals surface area contributed by atoms with E-state index in [0.29, 0.717) is 36.0 Å².